The van der Waals surface area contributed by atoms with Crippen molar-refractivity contribution in [1.29, 1.82) is 0 Å². The minimum atomic E-state index is 0.878. The van der Waals surface area contributed by atoms with Gasteiger partial charge >= 0.3 is 0 Å². The second-order valence-corrected chi connectivity index (χ2v) is 7.97. The van der Waals surface area contributed by atoms with Gasteiger partial charge in [-0.25, -0.2) is 0 Å². The van der Waals surface area contributed by atoms with Gasteiger partial charge in [-0.1, -0.05) is 0 Å². The lowest BCUT2D eigenvalue weighted by atomic mass is 10.0. The predicted molar refractivity (Wildman–Crippen MR) is 125 cm³/mol. The number of nitrogens with zero attached hydrogens (tertiary/aromatic N) is 4. The molecular formula is C25H34N4+2. The number of rotatable bonds is 6. The fourth-order valence-corrected chi connectivity index (χ4v) is 3.60. The fourth-order valence-electron chi connectivity index (χ4n) is 3.60. The molecule has 0 radical (unpaired) electrons. The smallest absolute Gasteiger partial charge is 0.228 e. The summed E-state index contributed by atoms with van der Waals surface area (Å²) >= 11 is 0. The zero-order chi connectivity index (χ0) is 21.0. The Hall–Kier alpha value is -2.85. The summed E-state index contributed by atoms with van der Waals surface area (Å²) in [5.74, 6) is 0. The van der Waals surface area contributed by atoms with E-state index in [-0.39, 0.29) is 0 Å². The van der Waals surface area contributed by atoms with Crippen LogP contribution in [0.5, 0.6) is 0 Å². The first kappa shape index (κ1) is 20.9. The molecule has 2 aromatic carbocycles. The summed E-state index contributed by atoms with van der Waals surface area (Å²) in [7, 11) is 8.29. The van der Waals surface area contributed by atoms with Crippen LogP contribution in [0.1, 0.15) is 25.0 Å². The lowest BCUT2D eigenvalue weighted by Gasteiger charge is -2.27. The Balaban J connectivity index is 2.11. The zero-order valence-electron chi connectivity index (χ0n) is 18.6. The lowest BCUT2D eigenvalue weighted by Crippen LogP contribution is -2.39. The maximum atomic E-state index is 2.29. The normalized spacial score (nSPS) is 14.8. The molecule has 0 amide bonds. The number of benzene rings is 2. The van der Waals surface area contributed by atoms with Crippen LogP contribution in [0, 0.1) is 0 Å². The summed E-state index contributed by atoms with van der Waals surface area (Å²) in [6.45, 7) is 6.58. The van der Waals surface area contributed by atoms with Crippen molar-refractivity contribution >= 4 is 17.1 Å². The molecule has 0 N–H and O–H groups in total. The molecule has 1 aliphatic heterocycles. The predicted octanol–water partition coefficient (Wildman–Crippen LogP) is 4.48. The van der Waals surface area contributed by atoms with Gasteiger partial charge < -0.3 is 9.80 Å². The van der Waals surface area contributed by atoms with Crippen LogP contribution in [-0.2, 0) is 0 Å². The fraction of sp³-hybridized carbons (Fsp3) is 0.320. The van der Waals surface area contributed by atoms with E-state index in [1.165, 1.54) is 28.2 Å². The average molecular weight is 391 g/mol. The van der Waals surface area contributed by atoms with Gasteiger partial charge in [-0.3, -0.25) is 4.48 Å². The second kappa shape index (κ2) is 8.66. The molecule has 4 nitrogen and oxygen atoms in total. The van der Waals surface area contributed by atoms with E-state index in [0.29, 0.717) is 0 Å². The number of hydrogen-bond acceptors (Lipinski definition) is 2. The van der Waals surface area contributed by atoms with Crippen molar-refractivity contribution in [3.8, 4) is 0 Å². The third kappa shape index (κ3) is 4.43. The van der Waals surface area contributed by atoms with E-state index in [0.717, 1.165) is 17.6 Å². The largest absolute Gasteiger partial charge is 0.378 e. The molecule has 0 unspecified atom stereocenters. The van der Waals surface area contributed by atoms with Gasteiger partial charge in [0.05, 0.1) is 13.1 Å². The molecule has 2 aromatic rings. The molecule has 152 valence electrons. The van der Waals surface area contributed by atoms with Crippen molar-refractivity contribution in [2.24, 2.45) is 0 Å². The zero-order valence-corrected chi connectivity index (χ0v) is 18.6. The first-order chi connectivity index (χ1) is 13.9. The van der Waals surface area contributed by atoms with Crippen LogP contribution < -0.4 is 9.80 Å². The summed E-state index contributed by atoms with van der Waals surface area (Å²) in [6, 6.07) is 17.6. The molecule has 4 heteroatoms. The number of hydrogen-bond donors (Lipinski definition) is 0. The van der Waals surface area contributed by atoms with Crippen LogP contribution in [0.2, 0.25) is 0 Å². The quantitative estimate of drug-likeness (QED) is 0.531. The summed E-state index contributed by atoms with van der Waals surface area (Å²) in [5, 5.41) is 0. The maximum Gasteiger partial charge on any atom is 0.228 e. The van der Waals surface area contributed by atoms with Gasteiger partial charge in [0.25, 0.3) is 0 Å². The van der Waals surface area contributed by atoms with E-state index < -0.39 is 0 Å². The Kier molecular flexibility index (Phi) is 6.23. The van der Waals surface area contributed by atoms with Crippen LogP contribution in [0.15, 0.2) is 73.3 Å². The molecule has 1 heterocycles. The summed E-state index contributed by atoms with van der Waals surface area (Å²) in [5.41, 5.74) is 6.01. The molecule has 29 heavy (non-hydrogen) atoms. The molecule has 0 atom stereocenters. The van der Waals surface area contributed by atoms with E-state index in [1.807, 2.05) is 0 Å². The highest BCUT2D eigenvalue weighted by Gasteiger charge is 2.27. The first-order valence-corrected chi connectivity index (χ1v) is 10.3. The standard InChI is InChI=1S/C25H34N4/c1-7-29(8-2)19-17-28(18-20-29)25(21-9-13-23(14-10-21)26(3)4)22-11-15-24(16-12-22)27(5)6/h9-20H,7-8H2,1-6H3/q+2. The minimum absolute atomic E-state index is 0.878. The molecule has 0 aliphatic carbocycles. The van der Waals surface area contributed by atoms with E-state index in [1.54, 1.807) is 0 Å². The highest BCUT2D eigenvalue weighted by molar-refractivity contribution is 6.10. The monoisotopic (exact) mass is 390 g/mol. The number of quaternary nitrogens is 1. The van der Waals surface area contributed by atoms with Gasteiger partial charge in [0.15, 0.2) is 12.4 Å². The van der Waals surface area contributed by atoms with Gasteiger partial charge in [0.1, 0.15) is 0 Å². The highest BCUT2D eigenvalue weighted by Crippen LogP contribution is 2.21. The Morgan fingerprint density at radius 1 is 0.690 bits per heavy atom. The van der Waals surface area contributed by atoms with E-state index in [4.69, 9.17) is 0 Å². The van der Waals surface area contributed by atoms with Crippen LogP contribution in [0.3, 0.4) is 0 Å². The summed E-state index contributed by atoms with van der Waals surface area (Å²) in [6.07, 6.45) is 9.01. The molecule has 0 bridgehead atoms. The van der Waals surface area contributed by atoms with Gasteiger partial charge in [0.2, 0.25) is 18.1 Å². The summed E-state index contributed by atoms with van der Waals surface area (Å²) < 4.78 is 3.13. The van der Waals surface area contributed by atoms with Crippen LogP contribution in [-0.4, -0.2) is 56.1 Å². The third-order valence-corrected chi connectivity index (χ3v) is 5.80. The molecule has 1 aliphatic rings. The van der Waals surface area contributed by atoms with E-state index >= 15 is 0 Å². The third-order valence-electron chi connectivity index (χ3n) is 5.80. The molecular weight excluding hydrogens is 356 g/mol. The first-order valence-electron chi connectivity index (χ1n) is 10.3. The summed E-state index contributed by atoms with van der Waals surface area (Å²) in [4.78, 5) is 4.26. The molecule has 0 fully saturated rings. The van der Waals surface area contributed by atoms with Gasteiger partial charge in [0, 0.05) is 50.7 Å². The maximum absolute atomic E-state index is 2.29. The van der Waals surface area contributed by atoms with Crippen LogP contribution in [0.25, 0.3) is 0 Å². The Labute approximate surface area is 175 Å². The highest BCUT2D eigenvalue weighted by atomic mass is 15.3. The second-order valence-electron chi connectivity index (χ2n) is 7.97. The van der Waals surface area contributed by atoms with Crippen molar-refractivity contribution in [1.82, 2.24) is 0 Å². The molecule has 0 aromatic heterocycles. The Morgan fingerprint density at radius 2 is 1.07 bits per heavy atom. The van der Waals surface area contributed by atoms with Crippen molar-refractivity contribution in [2.45, 2.75) is 13.8 Å². The van der Waals surface area contributed by atoms with Gasteiger partial charge in [-0.15, -0.1) is 0 Å². The van der Waals surface area contributed by atoms with Gasteiger partial charge in [-0.2, -0.15) is 4.58 Å². The van der Waals surface area contributed by atoms with Crippen LogP contribution >= 0.6 is 0 Å². The Morgan fingerprint density at radius 3 is 1.38 bits per heavy atom. The topological polar surface area (TPSA) is 9.49 Å². The van der Waals surface area contributed by atoms with Gasteiger partial charge in [-0.05, 0) is 62.4 Å². The molecule has 0 saturated carbocycles. The van der Waals surface area contributed by atoms with Crippen molar-refractivity contribution in [2.75, 3.05) is 51.1 Å². The minimum Gasteiger partial charge on any atom is -0.378 e. The average Bonchev–Trinajstić information content (AvgIpc) is 2.75. The lowest BCUT2D eigenvalue weighted by molar-refractivity contribution is -0.832. The molecule has 3 rings (SSSR count). The Bertz CT molecular complexity index is 841. The van der Waals surface area contributed by atoms with E-state index in [9.17, 15) is 0 Å². The molecule has 0 saturated heterocycles. The SMILES string of the molecule is CC[N+]1(CC)C=C[N+](=C(c2ccc(N(C)C)cc2)c2ccc(N(C)C)cc2)C=C1. The van der Waals surface area contributed by atoms with Crippen LogP contribution in [0.4, 0.5) is 11.4 Å². The van der Waals surface area contributed by atoms with Crippen molar-refractivity contribution < 1.29 is 9.06 Å². The van der Waals surface area contributed by atoms with E-state index in [2.05, 4.69) is 130 Å². The molecule has 0 spiro atoms. The van der Waals surface area contributed by atoms with Crippen molar-refractivity contribution in [3.63, 3.8) is 0 Å². The number of anilines is 2. The van der Waals surface area contributed by atoms with Crippen molar-refractivity contribution in [3.05, 3.63) is 84.5 Å².